The Morgan fingerprint density at radius 3 is 2.38 bits per heavy atom. The van der Waals surface area contributed by atoms with Crippen molar-refractivity contribution in [2.75, 3.05) is 7.11 Å². The van der Waals surface area contributed by atoms with E-state index in [0.29, 0.717) is 0 Å². The molecule has 0 radical (unpaired) electrons. The molecule has 1 N–H and O–H groups in total. The zero-order valence-corrected chi connectivity index (χ0v) is 13.0. The van der Waals surface area contributed by atoms with Crippen molar-refractivity contribution in [3.63, 3.8) is 0 Å². The molecule has 0 fully saturated rings. The first-order chi connectivity index (χ1) is 11.6. The number of hydrogen-bond donors (Lipinski definition) is 1. The molecule has 0 atom stereocenters. The van der Waals surface area contributed by atoms with Crippen molar-refractivity contribution in [1.29, 1.82) is 0 Å². The van der Waals surface area contributed by atoms with Crippen LogP contribution in [0.25, 0.3) is 10.8 Å². The van der Waals surface area contributed by atoms with E-state index in [0.717, 1.165) is 34.2 Å². The third-order valence-electron chi connectivity index (χ3n) is 3.75. The third kappa shape index (κ3) is 3.20. The van der Waals surface area contributed by atoms with Crippen LogP contribution in [0.4, 0.5) is 8.78 Å². The molecule has 0 spiro atoms. The lowest BCUT2D eigenvalue weighted by molar-refractivity contribution is 0.0942. The highest BCUT2D eigenvalue weighted by atomic mass is 19.1. The number of ether oxygens (including phenoxy) is 1. The molecule has 24 heavy (non-hydrogen) atoms. The molecule has 0 bridgehead atoms. The van der Waals surface area contributed by atoms with Gasteiger partial charge in [-0.3, -0.25) is 4.79 Å². The van der Waals surface area contributed by atoms with Crippen LogP contribution in [0.15, 0.2) is 54.6 Å². The van der Waals surface area contributed by atoms with Gasteiger partial charge in [0, 0.05) is 6.54 Å². The topological polar surface area (TPSA) is 38.3 Å². The Balaban J connectivity index is 1.77. The van der Waals surface area contributed by atoms with Gasteiger partial charge < -0.3 is 10.1 Å². The summed E-state index contributed by atoms with van der Waals surface area (Å²) in [5, 5.41) is 4.53. The van der Waals surface area contributed by atoms with Crippen LogP contribution in [0.5, 0.6) is 5.75 Å². The van der Waals surface area contributed by atoms with Gasteiger partial charge in [-0.05, 0) is 46.7 Å². The summed E-state index contributed by atoms with van der Waals surface area (Å²) in [5.74, 6) is -1.77. The Hall–Kier alpha value is -2.95. The minimum atomic E-state index is -0.877. The van der Waals surface area contributed by atoms with E-state index in [9.17, 15) is 13.6 Å². The van der Waals surface area contributed by atoms with Gasteiger partial charge in [0.2, 0.25) is 0 Å². The van der Waals surface area contributed by atoms with Crippen LogP contribution in [-0.4, -0.2) is 13.0 Å². The smallest absolute Gasteiger partial charge is 0.257 e. The van der Waals surface area contributed by atoms with Crippen LogP contribution in [-0.2, 0) is 6.54 Å². The normalized spacial score (nSPS) is 10.6. The van der Waals surface area contributed by atoms with Gasteiger partial charge in [-0.2, -0.15) is 0 Å². The highest BCUT2D eigenvalue weighted by molar-refractivity contribution is 5.94. The molecule has 0 saturated carbocycles. The number of carbonyl (C=O) groups is 1. The number of fused-ring (bicyclic) bond motifs is 1. The Morgan fingerprint density at radius 2 is 1.67 bits per heavy atom. The van der Waals surface area contributed by atoms with Crippen LogP contribution in [0.1, 0.15) is 15.9 Å². The summed E-state index contributed by atoms with van der Waals surface area (Å²) < 4.78 is 32.4. The highest BCUT2D eigenvalue weighted by Crippen LogP contribution is 2.22. The van der Waals surface area contributed by atoms with E-state index in [1.165, 1.54) is 6.07 Å². The van der Waals surface area contributed by atoms with Crippen LogP contribution in [0, 0.1) is 11.6 Å². The number of benzene rings is 3. The molecule has 0 saturated heterocycles. The first-order valence-corrected chi connectivity index (χ1v) is 7.37. The predicted octanol–water partition coefficient (Wildman–Crippen LogP) is 4.06. The first kappa shape index (κ1) is 15.9. The van der Waals surface area contributed by atoms with Crippen LogP contribution in [0.2, 0.25) is 0 Å². The molecule has 0 unspecified atom stereocenters. The van der Waals surface area contributed by atoms with Gasteiger partial charge in [0.05, 0.1) is 7.11 Å². The zero-order valence-electron chi connectivity index (χ0n) is 13.0. The zero-order chi connectivity index (χ0) is 17.1. The maximum absolute atomic E-state index is 13.6. The van der Waals surface area contributed by atoms with Crippen molar-refractivity contribution >= 4 is 16.7 Å². The molecular formula is C19H15F2NO2. The van der Waals surface area contributed by atoms with Crippen LogP contribution >= 0.6 is 0 Å². The second-order valence-corrected chi connectivity index (χ2v) is 5.33. The fourth-order valence-corrected chi connectivity index (χ4v) is 2.50. The molecule has 3 aromatic carbocycles. The lowest BCUT2D eigenvalue weighted by Crippen LogP contribution is -2.25. The van der Waals surface area contributed by atoms with Crippen molar-refractivity contribution in [1.82, 2.24) is 5.32 Å². The quantitative estimate of drug-likeness (QED) is 0.785. The molecule has 0 aliphatic heterocycles. The minimum Gasteiger partial charge on any atom is -0.497 e. The van der Waals surface area contributed by atoms with Crippen molar-refractivity contribution in [2.24, 2.45) is 0 Å². The van der Waals surface area contributed by atoms with E-state index >= 15 is 0 Å². The second kappa shape index (κ2) is 6.66. The predicted molar refractivity (Wildman–Crippen MR) is 88.0 cm³/mol. The first-order valence-electron chi connectivity index (χ1n) is 7.37. The minimum absolute atomic E-state index is 0.175. The van der Waals surface area contributed by atoms with Crippen molar-refractivity contribution in [3.8, 4) is 5.75 Å². The van der Waals surface area contributed by atoms with E-state index in [1.807, 2.05) is 36.4 Å². The Labute approximate surface area is 137 Å². The monoisotopic (exact) mass is 327 g/mol. The molecule has 0 aliphatic carbocycles. The Bertz CT molecular complexity index is 889. The number of rotatable bonds is 4. The average molecular weight is 327 g/mol. The van der Waals surface area contributed by atoms with Gasteiger partial charge in [0.15, 0.2) is 0 Å². The van der Waals surface area contributed by atoms with E-state index in [1.54, 1.807) is 7.11 Å². The van der Waals surface area contributed by atoms with Gasteiger partial charge in [0.1, 0.15) is 22.9 Å². The molecule has 3 aromatic rings. The molecule has 3 rings (SSSR count). The summed E-state index contributed by atoms with van der Waals surface area (Å²) >= 11 is 0. The standard InChI is InChI=1S/C19H15F2NO2/c1-24-15-8-7-13-9-12(5-6-14(13)10-15)11-22-19(23)18-16(20)3-2-4-17(18)21/h2-10H,11H2,1H3,(H,22,23). The van der Waals surface area contributed by atoms with Gasteiger partial charge in [-0.15, -0.1) is 0 Å². The van der Waals surface area contributed by atoms with Gasteiger partial charge in [-0.1, -0.05) is 24.3 Å². The van der Waals surface area contributed by atoms with Crippen molar-refractivity contribution < 1.29 is 18.3 Å². The van der Waals surface area contributed by atoms with E-state index in [2.05, 4.69) is 5.32 Å². The Kier molecular flexibility index (Phi) is 4.42. The summed E-state index contributed by atoms with van der Waals surface area (Å²) in [5.41, 5.74) is 0.265. The van der Waals surface area contributed by atoms with Crippen molar-refractivity contribution in [2.45, 2.75) is 6.54 Å². The summed E-state index contributed by atoms with van der Waals surface area (Å²) in [6.45, 7) is 0.175. The van der Waals surface area contributed by atoms with Crippen molar-refractivity contribution in [3.05, 3.63) is 77.4 Å². The van der Waals surface area contributed by atoms with Crippen LogP contribution < -0.4 is 10.1 Å². The molecule has 0 aliphatic rings. The summed E-state index contributed by atoms with van der Waals surface area (Å²) in [4.78, 5) is 12.0. The average Bonchev–Trinajstić information content (AvgIpc) is 2.59. The number of hydrogen-bond acceptors (Lipinski definition) is 2. The van der Waals surface area contributed by atoms with E-state index < -0.39 is 23.1 Å². The lowest BCUT2D eigenvalue weighted by Gasteiger charge is -2.09. The van der Waals surface area contributed by atoms with E-state index in [-0.39, 0.29) is 6.54 Å². The molecular weight excluding hydrogens is 312 g/mol. The number of methoxy groups -OCH3 is 1. The molecule has 3 nitrogen and oxygen atoms in total. The number of carbonyl (C=O) groups excluding carboxylic acids is 1. The highest BCUT2D eigenvalue weighted by Gasteiger charge is 2.16. The molecule has 122 valence electrons. The largest absolute Gasteiger partial charge is 0.497 e. The van der Waals surface area contributed by atoms with Gasteiger partial charge >= 0.3 is 0 Å². The second-order valence-electron chi connectivity index (χ2n) is 5.33. The fourth-order valence-electron chi connectivity index (χ4n) is 2.50. The maximum Gasteiger partial charge on any atom is 0.257 e. The number of amides is 1. The summed E-state index contributed by atoms with van der Waals surface area (Å²) in [6, 6.07) is 14.7. The van der Waals surface area contributed by atoms with Gasteiger partial charge in [-0.25, -0.2) is 8.78 Å². The maximum atomic E-state index is 13.6. The number of halogens is 2. The van der Waals surface area contributed by atoms with Crippen LogP contribution in [0.3, 0.4) is 0 Å². The lowest BCUT2D eigenvalue weighted by atomic mass is 10.1. The molecule has 0 aromatic heterocycles. The summed E-state index contributed by atoms with van der Waals surface area (Å²) in [6.07, 6.45) is 0. The third-order valence-corrected chi connectivity index (χ3v) is 3.75. The summed E-state index contributed by atoms with van der Waals surface area (Å²) in [7, 11) is 1.60. The van der Waals surface area contributed by atoms with Gasteiger partial charge in [0.25, 0.3) is 5.91 Å². The number of nitrogens with one attached hydrogen (secondary N) is 1. The molecule has 1 amide bonds. The van der Waals surface area contributed by atoms with E-state index in [4.69, 9.17) is 4.74 Å². The molecule has 0 heterocycles. The fraction of sp³-hybridized carbons (Fsp3) is 0.105. The molecule has 5 heteroatoms. The SMILES string of the molecule is COc1ccc2cc(CNC(=O)c3c(F)cccc3F)ccc2c1. The Morgan fingerprint density at radius 1 is 1.00 bits per heavy atom.